The van der Waals surface area contributed by atoms with Crippen LogP contribution in [0.25, 0.3) is 0 Å². The molecule has 0 saturated heterocycles. The van der Waals surface area contributed by atoms with Crippen LogP contribution in [-0.2, 0) is 26.2 Å². The summed E-state index contributed by atoms with van der Waals surface area (Å²) in [5, 5.41) is 3.54. The molecule has 2 amide bonds. The number of hydrogen-bond acceptors (Lipinski definition) is 4. The molecule has 1 atom stereocenters. The van der Waals surface area contributed by atoms with Crippen molar-refractivity contribution in [3.8, 4) is 0 Å². The molecule has 7 nitrogen and oxygen atoms in total. The van der Waals surface area contributed by atoms with Gasteiger partial charge in [-0.15, -0.1) is 0 Å². The van der Waals surface area contributed by atoms with Gasteiger partial charge in [0.15, 0.2) is 0 Å². The Morgan fingerprint density at radius 3 is 2.06 bits per heavy atom. The summed E-state index contributed by atoms with van der Waals surface area (Å²) in [6.07, 6.45) is 1.33. The van der Waals surface area contributed by atoms with Gasteiger partial charge in [-0.2, -0.15) is 0 Å². The van der Waals surface area contributed by atoms with Crippen LogP contribution in [0.5, 0.6) is 0 Å². The van der Waals surface area contributed by atoms with Gasteiger partial charge in [-0.1, -0.05) is 60.5 Å². The summed E-state index contributed by atoms with van der Waals surface area (Å²) in [6, 6.07) is 12.6. The molecule has 0 aromatic heterocycles. The third-order valence-corrected chi connectivity index (χ3v) is 6.80. The molecule has 10 heteroatoms. The molecule has 0 bridgehead atoms. The Hall–Kier alpha value is -2.29. The van der Waals surface area contributed by atoms with Gasteiger partial charge in [-0.05, 0) is 51.0 Å². The Bertz CT molecular complexity index is 1130. The van der Waals surface area contributed by atoms with Crippen molar-refractivity contribution in [2.75, 3.05) is 17.1 Å². The maximum atomic E-state index is 13.6. The first kappa shape index (κ1) is 28.0. The fourth-order valence-corrected chi connectivity index (χ4v) is 4.78. The van der Waals surface area contributed by atoms with Crippen LogP contribution in [0.15, 0.2) is 48.5 Å². The minimum absolute atomic E-state index is 0.0364. The number of carbonyl (C=O) groups is 2. The van der Waals surface area contributed by atoms with E-state index in [4.69, 9.17) is 23.2 Å². The van der Waals surface area contributed by atoms with E-state index in [9.17, 15) is 18.0 Å². The minimum Gasteiger partial charge on any atom is -0.350 e. The number of nitrogens with zero attached hydrogens (tertiary/aromatic N) is 2. The number of carbonyl (C=O) groups excluding carboxylic acids is 2. The molecule has 0 aliphatic rings. The molecule has 0 fully saturated rings. The molecule has 0 aliphatic carbocycles. The Morgan fingerprint density at radius 2 is 1.56 bits per heavy atom. The molecule has 1 N–H and O–H groups in total. The molecule has 0 heterocycles. The van der Waals surface area contributed by atoms with Gasteiger partial charge in [0.25, 0.3) is 0 Å². The Balaban J connectivity index is 2.49. The molecule has 0 unspecified atom stereocenters. The maximum absolute atomic E-state index is 13.6. The van der Waals surface area contributed by atoms with Crippen molar-refractivity contribution in [3.05, 3.63) is 64.1 Å². The number of benzene rings is 2. The molecule has 0 radical (unpaired) electrons. The van der Waals surface area contributed by atoms with Crippen molar-refractivity contribution >= 4 is 50.7 Å². The van der Waals surface area contributed by atoms with Crippen LogP contribution >= 0.6 is 23.2 Å². The topological polar surface area (TPSA) is 86.8 Å². The van der Waals surface area contributed by atoms with E-state index >= 15 is 0 Å². The van der Waals surface area contributed by atoms with Crippen molar-refractivity contribution in [2.24, 2.45) is 0 Å². The third-order valence-electron chi connectivity index (χ3n) is 4.98. The highest BCUT2D eigenvalue weighted by atomic mass is 35.5. The van der Waals surface area contributed by atoms with Crippen molar-refractivity contribution < 1.29 is 18.0 Å². The standard InChI is InChI=1S/C24H31Cl2N3O4S/c1-6-20(23(31)27-24(2,3)4)28(15-17-11-7-8-12-18(17)25)22(30)16-29(34(5,32)33)21-14-10-9-13-19(21)26/h7-14,20H,6,15-16H2,1-5H3,(H,27,31)/t20-/m0/s1. The van der Waals surface area contributed by atoms with Crippen LogP contribution in [0.4, 0.5) is 5.69 Å². The summed E-state index contributed by atoms with van der Waals surface area (Å²) in [7, 11) is -3.86. The van der Waals surface area contributed by atoms with E-state index in [0.29, 0.717) is 17.0 Å². The highest BCUT2D eigenvalue weighted by Crippen LogP contribution is 2.28. The van der Waals surface area contributed by atoms with Crippen molar-refractivity contribution in [3.63, 3.8) is 0 Å². The first-order valence-electron chi connectivity index (χ1n) is 10.8. The number of halogens is 2. The Morgan fingerprint density at radius 1 is 1.00 bits per heavy atom. The van der Waals surface area contributed by atoms with Gasteiger partial charge in [-0.3, -0.25) is 13.9 Å². The highest BCUT2D eigenvalue weighted by molar-refractivity contribution is 7.92. The number of para-hydroxylation sites is 1. The predicted octanol–water partition coefficient (Wildman–Crippen LogP) is 4.48. The lowest BCUT2D eigenvalue weighted by atomic mass is 10.1. The van der Waals surface area contributed by atoms with Crippen molar-refractivity contribution in [1.82, 2.24) is 10.2 Å². The molecule has 2 aromatic rings. The van der Waals surface area contributed by atoms with Gasteiger partial charge in [0.05, 0.1) is 17.0 Å². The second-order valence-electron chi connectivity index (χ2n) is 9.00. The number of hydrogen-bond donors (Lipinski definition) is 1. The number of sulfonamides is 1. The first-order valence-corrected chi connectivity index (χ1v) is 13.4. The Kier molecular flexibility index (Phi) is 9.39. The van der Waals surface area contributed by atoms with Gasteiger partial charge in [0.1, 0.15) is 12.6 Å². The van der Waals surface area contributed by atoms with E-state index < -0.39 is 34.1 Å². The van der Waals surface area contributed by atoms with Gasteiger partial charge in [-0.25, -0.2) is 8.42 Å². The van der Waals surface area contributed by atoms with E-state index in [-0.39, 0.29) is 23.2 Å². The van der Waals surface area contributed by atoms with Crippen LogP contribution < -0.4 is 9.62 Å². The van der Waals surface area contributed by atoms with E-state index in [1.807, 2.05) is 20.8 Å². The lowest BCUT2D eigenvalue weighted by Crippen LogP contribution is -2.55. The summed E-state index contributed by atoms with van der Waals surface area (Å²) >= 11 is 12.6. The molecule has 2 rings (SSSR count). The molecular formula is C24H31Cl2N3O4S. The van der Waals surface area contributed by atoms with Crippen LogP contribution in [0, 0.1) is 0 Å². The Labute approximate surface area is 212 Å². The van der Waals surface area contributed by atoms with Crippen LogP contribution in [0.2, 0.25) is 10.0 Å². The predicted molar refractivity (Wildman–Crippen MR) is 138 cm³/mol. The number of anilines is 1. The van der Waals surface area contributed by atoms with Crippen LogP contribution in [0.1, 0.15) is 39.7 Å². The highest BCUT2D eigenvalue weighted by Gasteiger charge is 2.33. The number of amides is 2. The molecule has 0 spiro atoms. The van der Waals surface area contributed by atoms with Crippen molar-refractivity contribution in [1.29, 1.82) is 0 Å². The summed E-state index contributed by atoms with van der Waals surface area (Å²) in [5.74, 6) is -0.889. The zero-order valence-corrected chi connectivity index (χ0v) is 22.3. The van der Waals surface area contributed by atoms with Gasteiger partial charge >= 0.3 is 0 Å². The van der Waals surface area contributed by atoms with E-state index in [1.54, 1.807) is 49.4 Å². The largest absolute Gasteiger partial charge is 0.350 e. The average Bonchev–Trinajstić information content (AvgIpc) is 2.71. The molecule has 0 saturated carbocycles. The van der Waals surface area contributed by atoms with Crippen molar-refractivity contribution in [2.45, 2.75) is 52.2 Å². The summed E-state index contributed by atoms with van der Waals surface area (Å²) in [4.78, 5) is 28.1. The lowest BCUT2D eigenvalue weighted by Gasteiger charge is -2.34. The third kappa shape index (κ3) is 7.61. The van der Waals surface area contributed by atoms with Crippen LogP contribution in [0.3, 0.4) is 0 Å². The smallest absolute Gasteiger partial charge is 0.244 e. The molecule has 186 valence electrons. The van der Waals surface area contributed by atoms with Crippen LogP contribution in [-0.4, -0.2) is 49.5 Å². The normalized spacial score (nSPS) is 12.7. The quantitative estimate of drug-likeness (QED) is 0.520. The van der Waals surface area contributed by atoms with E-state index in [1.165, 1.54) is 11.0 Å². The zero-order valence-electron chi connectivity index (χ0n) is 20.0. The van der Waals surface area contributed by atoms with E-state index in [2.05, 4.69) is 5.32 Å². The fourth-order valence-electron chi connectivity index (χ4n) is 3.43. The molecular weight excluding hydrogens is 497 g/mol. The second kappa shape index (κ2) is 11.4. The maximum Gasteiger partial charge on any atom is 0.244 e. The fraction of sp³-hybridized carbons (Fsp3) is 0.417. The SMILES string of the molecule is CC[C@@H](C(=O)NC(C)(C)C)N(Cc1ccccc1Cl)C(=O)CN(c1ccccc1Cl)S(C)(=O)=O. The average molecular weight is 529 g/mol. The lowest BCUT2D eigenvalue weighted by molar-refractivity contribution is -0.141. The van der Waals surface area contributed by atoms with E-state index in [0.717, 1.165) is 10.6 Å². The summed E-state index contributed by atoms with van der Waals surface area (Å²) in [5.41, 5.74) is 0.313. The summed E-state index contributed by atoms with van der Waals surface area (Å²) in [6.45, 7) is 6.85. The van der Waals surface area contributed by atoms with Gasteiger partial charge in [0.2, 0.25) is 21.8 Å². The second-order valence-corrected chi connectivity index (χ2v) is 11.7. The first-order chi connectivity index (χ1) is 15.7. The minimum atomic E-state index is -3.86. The van der Waals surface area contributed by atoms with Gasteiger partial charge < -0.3 is 10.2 Å². The number of nitrogens with one attached hydrogen (secondary N) is 1. The van der Waals surface area contributed by atoms with Gasteiger partial charge in [0, 0.05) is 17.1 Å². The number of rotatable bonds is 9. The molecule has 34 heavy (non-hydrogen) atoms. The summed E-state index contributed by atoms with van der Waals surface area (Å²) < 4.78 is 26.2. The molecule has 2 aromatic carbocycles. The zero-order chi connectivity index (χ0) is 25.7. The molecule has 0 aliphatic heterocycles. The monoisotopic (exact) mass is 527 g/mol.